The molecular formula is C13H16Cl2N2O. The van der Waals surface area contributed by atoms with Gasteiger partial charge < -0.3 is 10.2 Å². The van der Waals surface area contributed by atoms with Gasteiger partial charge in [0.25, 0.3) is 0 Å². The molecule has 0 unspecified atom stereocenters. The molecule has 1 amide bonds. The van der Waals surface area contributed by atoms with E-state index in [0.717, 1.165) is 18.7 Å². The van der Waals surface area contributed by atoms with Gasteiger partial charge in [0.2, 0.25) is 5.91 Å². The Morgan fingerprint density at radius 1 is 1.39 bits per heavy atom. The van der Waals surface area contributed by atoms with Crippen LogP contribution in [0, 0.1) is 5.92 Å². The molecule has 0 saturated carbocycles. The van der Waals surface area contributed by atoms with Crippen LogP contribution < -0.4 is 5.32 Å². The molecule has 1 aliphatic heterocycles. The zero-order valence-electron chi connectivity index (χ0n) is 10.2. The molecule has 5 heteroatoms. The molecule has 98 valence electrons. The number of hydrogen-bond donors (Lipinski definition) is 1. The summed E-state index contributed by atoms with van der Waals surface area (Å²) < 4.78 is 0. The average Bonchev–Trinajstić information content (AvgIpc) is 2.28. The topological polar surface area (TPSA) is 32.3 Å². The van der Waals surface area contributed by atoms with Gasteiger partial charge >= 0.3 is 0 Å². The number of carbonyl (C=O) groups is 1. The van der Waals surface area contributed by atoms with E-state index in [2.05, 4.69) is 5.32 Å². The minimum absolute atomic E-state index is 0.132. The Hall–Kier alpha value is -0.770. The van der Waals surface area contributed by atoms with Gasteiger partial charge in [-0.05, 0) is 24.6 Å². The van der Waals surface area contributed by atoms with E-state index < -0.39 is 0 Å². The van der Waals surface area contributed by atoms with Gasteiger partial charge in [0.1, 0.15) is 0 Å². The summed E-state index contributed by atoms with van der Waals surface area (Å²) in [4.78, 5) is 14.0. The van der Waals surface area contributed by atoms with Crippen LogP contribution in [-0.2, 0) is 11.3 Å². The summed E-state index contributed by atoms with van der Waals surface area (Å²) in [6, 6.07) is 5.49. The summed E-state index contributed by atoms with van der Waals surface area (Å²) in [6.07, 6.45) is 0. The fourth-order valence-corrected chi connectivity index (χ4v) is 2.25. The number of hydrogen-bond acceptors (Lipinski definition) is 2. The van der Waals surface area contributed by atoms with Crippen molar-refractivity contribution in [2.24, 2.45) is 5.92 Å². The van der Waals surface area contributed by atoms with Crippen LogP contribution in [0.1, 0.15) is 12.5 Å². The Morgan fingerprint density at radius 2 is 2.11 bits per heavy atom. The van der Waals surface area contributed by atoms with Crippen LogP contribution in [0.2, 0.25) is 10.0 Å². The number of nitrogens with zero attached hydrogens (tertiary/aromatic N) is 1. The van der Waals surface area contributed by atoms with Gasteiger partial charge in [0.05, 0.1) is 16.0 Å². The van der Waals surface area contributed by atoms with Crippen LogP contribution in [0.15, 0.2) is 18.2 Å². The van der Waals surface area contributed by atoms with Crippen molar-refractivity contribution in [3.8, 4) is 0 Å². The molecule has 1 aromatic carbocycles. The minimum atomic E-state index is 0.132. The lowest BCUT2D eigenvalue weighted by molar-refractivity contribution is -0.137. The maximum atomic E-state index is 12.1. The van der Waals surface area contributed by atoms with Crippen molar-refractivity contribution in [2.45, 2.75) is 13.5 Å². The van der Waals surface area contributed by atoms with E-state index in [1.165, 1.54) is 0 Å². The average molecular weight is 287 g/mol. The quantitative estimate of drug-likeness (QED) is 0.923. The van der Waals surface area contributed by atoms with Gasteiger partial charge in [-0.25, -0.2) is 0 Å². The molecule has 1 aromatic rings. The first-order valence-corrected chi connectivity index (χ1v) is 6.81. The third kappa shape index (κ3) is 2.97. The van der Waals surface area contributed by atoms with Crippen molar-refractivity contribution in [3.05, 3.63) is 33.8 Å². The third-order valence-corrected chi connectivity index (χ3v) is 3.92. The summed E-state index contributed by atoms with van der Waals surface area (Å²) in [5, 5.41) is 4.19. The Labute approximate surface area is 117 Å². The van der Waals surface area contributed by atoms with Gasteiger partial charge in [-0.2, -0.15) is 0 Å². The molecule has 0 spiro atoms. The Balaban J connectivity index is 2.04. The lowest BCUT2D eigenvalue weighted by Crippen LogP contribution is -2.51. The largest absolute Gasteiger partial charge is 0.338 e. The van der Waals surface area contributed by atoms with Crippen LogP contribution in [0.3, 0.4) is 0 Å². The molecule has 2 rings (SSSR count). The monoisotopic (exact) mass is 286 g/mol. The molecule has 1 aliphatic rings. The first-order valence-electron chi connectivity index (χ1n) is 6.05. The fraction of sp³-hybridized carbons (Fsp3) is 0.462. The molecule has 3 nitrogen and oxygen atoms in total. The second-order valence-corrected chi connectivity index (χ2v) is 5.27. The second-order valence-electron chi connectivity index (χ2n) is 4.46. The molecule has 0 aromatic heterocycles. The van der Waals surface area contributed by atoms with Crippen LogP contribution in [0.4, 0.5) is 0 Å². The maximum Gasteiger partial charge on any atom is 0.228 e. The smallest absolute Gasteiger partial charge is 0.228 e. The van der Waals surface area contributed by atoms with Crippen molar-refractivity contribution in [1.82, 2.24) is 10.2 Å². The summed E-state index contributed by atoms with van der Waals surface area (Å²) in [5.41, 5.74) is 1.01. The maximum absolute atomic E-state index is 12.1. The van der Waals surface area contributed by atoms with Gasteiger partial charge in [-0.3, -0.25) is 4.79 Å². The first kappa shape index (κ1) is 13.7. The van der Waals surface area contributed by atoms with E-state index in [4.69, 9.17) is 23.2 Å². The van der Waals surface area contributed by atoms with E-state index in [1.54, 1.807) is 6.07 Å². The standard InChI is InChI=1S/C13H16Cl2N2O/c1-2-17(13(18)10-6-16-7-10)8-9-3-4-11(14)12(15)5-9/h3-5,10,16H,2,6-8H2,1H3. The Kier molecular flexibility index (Phi) is 4.49. The number of amides is 1. The molecule has 1 saturated heterocycles. The van der Waals surface area contributed by atoms with E-state index in [0.29, 0.717) is 23.1 Å². The normalized spacial score (nSPS) is 15.3. The zero-order valence-corrected chi connectivity index (χ0v) is 11.8. The molecule has 0 radical (unpaired) electrons. The second kappa shape index (κ2) is 5.91. The lowest BCUT2D eigenvalue weighted by Gasteiger charge is -2.32. The van der Waals surface area contributed by atoms with Gasteiger partial charge in [0, 0.05) is 26.2 Å². The van der Waals surface area contributed by atoms with E-state index in [1.807, 2.05) is 24.0 Å². The molecule has 0 atom stereocenters. The molecule has 1 fully saturated rings. The molecule has 18 heavy (non-hydrogen) atoms. The first-order chi connectivity index (χ1) is 8.61. The summed E-state index contributed by atoms with van der Waals surface area (Å²) in [6.45, 7) is 4.85. The molecule has 0 aliphatic carbocycles. The van der Waals surface area contributed by atoms with Crippen molar-refractivity contribution in [2.75, 3.05) is 19.6 Å². The summed E-state index contributed by atoms with van der Waals surface area (Å²) in [5.74, 6) is 0.343. The third-order valence-electron chi connectivity index (χ3n) is 3.18. The Bertz CT molecular complexity index is 447. The molecule has 0 bridgehead atoms. The zero-order chi connectivity index (χ0) is 13.1. The number of halogens is 2. The van der Waals surface area contributed by atoms with Crippen LogP contribution in [0.25, 0.3) is 0 Å². The van der Waals surface area contributed by atoms with Crippen molar-refractivity contribution >= 4 is 29.1 Å². The number of benzene rings is 1. The highest BCUT2D eigenvalue weighted by Gasteiger charge is 2.28. The van der Waals surface area contributed by atoms with Crippen LogP contribution in [0.5, 0.6) is 0 Å². The highest BCUT2D eigenvalue weighted by atomic mass is 35.5. The van der Waals surface area contributed by atoms with Gasteiger partial charge in [0.15, 0.2) is 0 Å². The molecule has 1 heterocycles. The summed E-state index contributed by atoms with van der Waals surface area (Å²) in [7, 11) is 0. The van der Waals surface area contributed by atoms with Gasteiger partial charge in [-0.15, -0.1) is 0 Å². The minimum Gasteiger partial charge on any atom is -0.338 e. The van der Waals surface area contributed by atoms with Crippen molar-refractivity contribution in [3.63, 3.8) is 0 Å². The Morgan fingerprint density at radius 3 is 2.61 bits per heavy atom. The fourth-order valence-electron chi connectivity index (χ4n) is 1.93. The van der Waals surface area contributed by atoms with E-state index in [-0.39, 0.29) is 11.8 Å². The van der Waals surface area contributed by atoms with Gasteiger partial charge in [-0.1, -0.05) is 29.3 Å². The number of rotatable bonds is 4. The van der Waals surface area contributed by atoms with Crippen molar-refractivity contribution < 1.29 is 4.79 Å². The van der Waals surface area contributed by atoms with E-state index >= 15 is 0 Å². The van der Waals surface area contributed by atoms with E-state index in [9.17, 15) is 4.79 Å². The molecular weight excluding hydrogens is 271 g/mol. The summed E-state index contributed by atoms with van der Waals surface area (Å²) >= 11 is 11.9. The number of carbonyl (C=O) groups excluding carboxylic acids is 1. The SMILES string of the molecule is CCN(Cc1ccc(Cl)c(Cl)c1)C(=O)C1CNC1. The lowest BCUT2D eigenvalue weighted by atomic mass is 10.0. The molecule has 1 N–H and O–H groups in total. The highest BCUT2D eigenvalue weighted by Crippen LogP contribution is 2.23. The predicted molar refractivity (Wildman–Crippen MR) is 73.9 cm³/mol. The van der Waals surface area contributed by atoms with Crippen molar-refractivity contribution in [1.29, 1.82) is 0 Å². The van der Waals surface area contributed by atoms with Crippen LogP contribution in [-0.4, -0.2) is 30.4 Å². The number of nitrogens with one attached hydrogen (secondary N) is 1. The van der Waals surface area contributed by atoms with Crippen LogP contribution >= 0.6 is 23.2 Å². The predicted octanol–water partition coefficient (Wildman–Crippen LogP) is 2.56. The highest BCUT2D eigenvalue weighted by molar-refractivity contribution is 6.42.